The van der Waals surface area contributed by atoms with Gasteiger partial charge in [-0.2, -0.15) is 0 Å². The molecule has 4 rings (SSSR count). The second kappa shape index (κ2) is 7.51. The summed E-state index contributed by atoms with van der Waals surface area (Å²) in [6.07, 6.45) is 13.6. The fourth-order valence-electron chi connectivity index (χ4n) is 8.12. The maximum atomic E-state index is 6.53. The summed E-state index contributed by atoms with van der Waals surface area (Å²) in [6.45, 7) is 14.4. The van der Waals surface area contributed by atoms with Crippen molar-refractivity contribution in [3.8, 4) is 0 Å². The van der Waals surface area contributed by atoms with Gasteiger partial charge in [-0.25, -0.2) is 0 Å². The Hall–Kier alpha value is -0.613. The monoisotopic (exact) mass is 417 g/mol. The molecule has 3 fully saturated rings. The van der Waals surface area contributed by atoms with Crippen LogP contribution in [0.1, 0.15) is 72.1 Å². The fourth-order valence-corrected chi connectivity index (χ4v) is 9.32. The zero-order valence-corrected chi connectivity index (χ0v) is 20.9. The van der Waals surface area contributed by atoms with Crippen molar-refractivity contribution < 1.29 is 9.26 Å². The summed E-state index contributed by atoms with van der Waals surface area (Å²) in [5.41, 5.74) is 3.78. The van der Waals surface area contributed by atoms with Crippen molar-refractivity contribution in [1.29, 1.82) is 0 Å². The first-order valence-electron chi connectivity index (χ1n) is 12.0. The van der Waals surface area contributed by atoms with Crippen LogP contribution in [0.25, 0.3) is 0 Å². The van der Waals surface area contributed by atoms with Crippen LogP contribution in [0.15, 0.2) is 16.8 Å². The van der Waals surface area contributed by atoms with E-state index in [9.17, 15) is 0 Å². The average Bonchev–Trinajstić information content (AvgIpc) is 2.98. The molecule has 0 aliphatic heterocycles. The number of allylic oxidation sites excluding steroid dienone is 1. The highest BCUT2D eigenvalue weighted by Crippen LogP contribution is 2.66. The quantitative estimate of drug-likeness (QED) is 0.218. The predicted octanol–water partition coefficient (Wildman–Crippen LogP) is 6.81. The van der Waals surface area contributed by atoms with Gasteiger partial charge in [-0.05, 0) is 107 Å². The van der Waals surface area contributed by atoms with E-state index in [2.05, 4.69) is 51.6 Å². The third kappa shape index (κ3) is 3.67. The molecule has 0 unspecified atom stereocenters. The lowest BCUT2D eigenvalue weighted by Gasteiger charge is -2.58. The largest absolute Gasteiger partial charge is 0.414 e. The molecule has 164 valence electrons. The first kappa shape index (κ1) is 21.6. The van der Waals surface area contributed by atoms with Crippen molar-refractivity contribution >= 4 is 14.0 Å². The molecule has 4 aliphatic carbocycles. The molecule has 0 aromatic heterocycles. The third-order valence-electron chi connectivity index (χ3n) is 9.32. The SMILES string of the molecule is CON=C(C)[C@H]1CC[C@H]2[C@@H]3CC=C4C[C@@H](O[Si](C)(C)C)CC[C@]4(C)[C@H]3CC[C@]12C. The highest BCUT2D eigenvalue weighted by molar-refractivity contribution is 6.69. The standard InChI is InChI=1S/C25H43NO2Si/c1-17(26-27-4)21-10-11-22-20-9-8-18-16-19(28-29(5,6)7)12-14-24(18,2)23(20)13-15-25(21,22)3/h8,19-23H,9-16H2,1-7H3/t19-,20-,21+,22-,23-,24-,25+/m0/s1. The van der Waals surface area contributed by atoms with Gasteiger partial charge in [-0.3, -0.25) is 0 Å². The second-order valence-corrected chi connectivity index (χ2v) is 16.4. The topological polar surface area (TPSA) is 30.8 Å². The maximum Gasteiger partial charge on any atom is 0.184 e. The van der Waals surface area contributed by atoms with Gasteiger partial charge in [0.25, 0.3) is 0 Å². The highest BCUT2D eigenvalue weighted by Gasteiger charge is 2.59. The van der Waals surface area contributed by atoms with Crippen LogP contribution >= 0.6 is 0 Å². The van der Waals surface area contributed by atoms with Gasteiger partial charge in [-0.1, -0.05) is 30.7 Å². The van der Waals surface area contributed by atoms with Gasteiger partial charge < -0.3 is 9.26 Å². The van der Waals surface area contributed by atoms with Crippen molar-refractivity contribution in [2.75, 3.05) is 7.11 Å². The van der Waals surface area contributed by atoms with Gasteiger partial charge in [0.05, 0.1) is 5.71 Å². The molecule has 7 atom stereocenters. The van der Waals surface area contributed by atoms with E-state index in [4.69, 9.17) is 9.26 Å². The molecule has 0 saturated heterocycles. The summed E-state index contributed by atoms with van der Waals surface area (Å²) in [4.78, 5) is 5.15. The first-order valence-corrected chi connectivity index (χ1v) is 15.4. The summed E-state index contributed by atoms with van der Waals surface area (Å²) < 4.78 is 6.53. The Morgan fingerprint density at radius 3 is 2.52 bits per heavy atom. The molecule has 3 saturated carbocycles. The van der Waals surface area contributed by atoms with Gasteiger partial charge in [0.15, 0.2) is 8.32 Å². The minimum atomic E-state index is -1.46. The van der Waals surface area contributed by atoms with Gasteiger partial charge in [0, 0.05) is 12.0 Å². The number of rotatable bonds is 4. The Balaban J connectivity index is 1.55. The second-order valence-electron chi connectivity index (χ2n) is 11.9. The van der Waals surface area contributed by atoms with Crippen molar-refractivity contribution in [3.63, 3.8) is 0 Å². The maximum absolute atomic E-state index is 6.53. The molecule has 0 radical (unpaired) electrons. The minimum absolute atomic E-state index is 0.410. The molecule has 4 aliphatic rings. The number of nitrogens with zero attached hydrogens (tertiary/aromatic N) is 1. The lowest BCUT2D eigenvalue weighted by molar-refractivity contribution is -0.0412. The number of hydrogen-bond acceptors (Lipinski definition) is 3. The Morgan fingerprint density at radius 2 is 1.83 bits per heavy atom. The molecule has 0 N–H and O–H groups in total. The molecule has 0 bridgehead atoms. The first-order chi connectivity index (χ1) is 13.6. The van der Waals surface area contributed by atoms with Crippen LogP contribution in [0.2, 0.25) is 19.6 Å². The Bertz CT molecular complexity index is 695. The van der Waals surface area contributed by atoms with Crippen LogP contribution in [-0.2, 0) is 9.26 Å². The number of oxime groups is 1. The van der Waals surface area contributed by atoms with E-state index in [1.54, 1.807) is 12.7 Å². The minimum Gasteiger partial charge on any atom is -0.414 e. The molecule has 0 spiro atoms. The zero-order chi connectivity index (χ0) is 21.0. The van der Waals surface area contributed by atoms with Crippen LogP contribution < -0.4 is 0 Å². The fraction of sp³-hybridized carbons (Fsp3) is 0.880. The molecule has 3 nitrogen and oxygen atoms in total. The van der Waals surface area contributed by atoms with Gasteiger partial charge in [0.1, 0.15) is 7.11 Å². The number of hydrogen-bond donors (Lipinski definition) is 0. The molecule has 29 heavy (non-hydrogen) atoms. The van der Waals surface area contributed by atoms with E-state index in [1.807, 2.05) is 0 Å². The molecule has 0 aromatic rings. The summed E-state index contributed by atoms with van der Waals surface area (Å²) >= 11 is 0. The summed E-state index contributed by atoms with van der Waals surface area (Å²) in [7, 11) is 0.224. The van der Waals surface area contributed by atoms with Crippen molar-refractivity contribution in [2.45, 2.75) is 97.9 Å². The van der Waals surface area contributed by atoms with Crippen molar-refractivity contribution in [2.24, 2.45) is 39.7 Å². The van der Waals surface area contributed by atoms with E-state index in [1.165, 1.54) is 57.1 Å². The van der Waals surface area contributed by atoms with Crippen LogP contribution in [0.5, 0.6) is 0 Å². The van der Waals surface area contributed by atoms with Crippen molar-refractivity contribution in [3.05, 3.63) is 11.6 Å². The lowest BCUT2D eigenvalue weighted by atomic mass is 9.47. The Labute approximate surface area is 179 Å². The number of fused-ring (bicyclic) bond motifs is 5. The van der Waals surface area contributed by atoms with Crippen LogP contribution in [0.3, 0.4) is 0 Å². The summed E-state index contributed by atoms with van der Waals surface area (Å²) in [6, 6.07) is 0. The van der Waals surface area contributed by atoms with Gasteiger partial charge in [-0.15, -0.1) is 0 Å². The average molecular weight is 418 g/mol. The van der Waals surface area contributed by atoms with Gasteiger partial charge >= 0.3 is 0 Å². The smallest absolute Gasteiger partial charge is 0.184 e. The molecule has 4 heteroatoms. The third-order valence-corrected chi connectivity index (χ3v) is 10.4. The van der Waals surface area contributed by atoms with E-state index in [0.717, 1.165) is 17.8 Å². The van der Waals surface area contributed by atoms with E-state index < -0.39 is 8.32 Å². The summed E-state index contributed by atoms with van der Waals surface area (Å²) in [5.74, 6) is 3.18. The predicted molar refractivity (Wildman–Crippen MR) is 124 cm³/mol. The lowest BCUT2D eigenvalue weighted by Crippen LogP contribution is -2.51. The molecule has 0 amide bonds. The van der Waals surface area contributed by atoms with Crippen LogP contribution in [0.4, 0.5) is 0 Å². The molecular weight excluding hydrogens is 374 g/mol. The molecular formula is C25H43NO2Si. The van der Waals surface area contributed by atoms with E-state index >= 15 is 0 Å². The Kier molecular flexibility index (Phi) is 5.60. The normalized spacial score (nSPS) is 45.1. The zero-order valence-electron chi connectivity index (χ0n) is 19.9. The van der Waals surface area contributed by atoms with E-state index in [-0.39, 0.29) is 0 Å². The molecule has 0 aromatic carbocycles. The van der Waals surface area contributed by atoms with Crippen LogP contribution in [-0.4, -0.2) is 27.2 Å². The van der Waals surface area contributed by atoms with E-state index in [0.29, 0.717) is 22.9 Å². The Morgan fingerprint density at radius 1 is 1.07 bits per heavy atom. The highest BCUT2D eigenvalue weighted by atomic mass is 28.4. The van der Waals surface area contributed by atoms with Gasteiger partial charge in [0.2, 0.25) is 0 Å². The van der Waals surface area contributed by atoms with Crippen LogP contribution in [0, 0.1) is 34.5 Å². The van der Waals surface area contributed by atoms with Crippen molar-refractivity contribution in [1.82, 2.24) is 0 Å². The summed E-state index contributed by atoms with van der Waals surface area (Å²) in [5, 5.41) is 4.36. The molecule has 0 heterocycles.